The zero-order valence-corrected chi connectivity index (χ0v) is 14.7. The Hall–Kier alpha value is -2.73. The van der Waals surface area contributed by atoms with E-state index >= 15 is 0 Å². The molecule has 0 spiro atoms. The summed E-state index contributed by atoms with van der Waals surface area (Å²) < 4.78 is 2.07. The van der Waals surface area contributed by atoms with Crippen LogP contribution in [0.2, 0.25) is 0 Å². The molecule has 5 nitrogen and oxygen atoms in total. The molecule has 0 amide bonds. The zero-order valence-electron chi connectivity index (χ0n) is 13.9. The second kappa shape index (κ2) is 6.64. The van der Waals surface area contributed by atoms with Crippen LogP contribution in [0, 0.1) is 0 Å². The van der Waals surface area contributed by atoms with Crippen LogP contribution in [0.25, 0.3) is 0 Å². The maximum Gasteiger partial charge on any atom is 0.170 e. The fourth-order valence-electron chi connectivity index (χ4n) is 3.32. The highest BCUT2D eigenvalue weighted by Gasteiger charge is 2.39. The SMILES string of the molecule is Cn1ccc([C@@H]2[C@@H](c3ccccn3)NC(=S)N2Cc2ccncc2)c1. The first kappa shape index (κ1) is 15.8. The molecule has 2 atom stereocenters. The number of pyridine rings is 2. The zero-order chi connectivity index (χ0) is 17.2. The number of nitrogens with one attached hydrogen (secondary N) is 1. The molecule has 0 radical (unpaired) electrons. The van der Waals surface area contributed by atoms with E-state index in [9.17, 15) is 0 Å². The molecule has 1 N–H and O–H groups in total. The van der Waals surface area contributed by atoms with Crippen molar-refractivity contribution in [2.45, 2.75) is 18.6 Å². The van der Waals surface area contributed by atoms with Gasteiger partial charge in [-0.1, -0.05) is 6.07 Å². The predicted molar refractivity (Wildman–Crippen MR) is 101 cm³/mol. The van der Waals surface area contributed by atoms with Crippen molar-refractivity contribution < 1.29 is 0 Å². The molecule has 1 aliphatic heterocycles. The Balaban J connectivity index is 1.72. The highest BCUT2D eigenvalue weighted by molar-refractivity contribution is 7.80. The summed E-state index contributed by atoms with van der Waals surface area (Å²) in [5, 5.41) is 4.22. The molecular weight excluding hydrogens is 330 g/mol. The third-order valence-electron chi connectivity index (χ3n) is 4.50. The van der Waals surface area contributed by atoms with Crippen molar-refractivity contribution >= 4 is 17.3 Å². The monoisotopic (exact) mass is 349 g/mol. The fourth-order valence-corrected chi connectivity index (χ4v) is 3.63. The molecule has 0 aliphatic carbocycles. The van der Waals surface area contributed by atoms with Crippen LogP contribution in [0.15, 0.2) is 67.4 Å². The van der Waals surface area contributed by atoms with E-state index in [4.69, 9.17) is 12.2 Å². The number of thiocarbonyl (C=S) groups is 1. The first-order valence-electron chi connectivity index (χ1n) is 8.21. The Morgan fingerprint density at radius 1 is 1.12 bits per heavy atom. The number of hydrogen-bond donors (Lipinski definition) is 1. The number of nitrogens with zero attached hydrogens (tertiary/aromatic N) is 4. The summed E-state index contributed by atoms with van der Waals surface area (Å²) in [6.45, 7) is 0.733. The molecule has 25 heavy (non-hydrogen) atoms. The van der Waals surface area contributed by atoms with Gasteiger partial charge in [0.15, 0.2) is 5.11 Å². The normalized spacial score (nSPS) is 19.9. The van der Waals surface area contributed by atoms with E-state index in [2.05, 4.69) is 43.2 Å². The highest BCUT2D eigenvalue weighted by Crippen LogP contribution is 2.39. The summed E-state index contributed by atoms with van der Waals surface area (Å²) in [5.41, 5.74) is 3.40. The van der Waals surface area contributed by atoms with Crippen LogP contribution < -0.4 is 5.32 Å². The lowest BCUT2D eigenvalue weighted by Crippen LogP contribution is -2.29. The molecule has 0 saturated carbocycles. The van der Waals surface area contributed by atoms with Crippen molar-refractivity contribution in [2.75, 3.05) is 0 Å². The van der Waals surface area contributed by atoms with Crippen molar-refractivity contribution in [3.8, 4) is 0 Å². The molecular formula is C19H19N5S. The van der Waals surface area contributed by atoms with Crippen molar-refractivity contribution in [3.05, 3.63) is 84.2 Å². The lowest BCUT2D eigenvalue weighted by molar-refractivity contribution is 0.311. The van der Waals surface area contributed by atoms with Gasteiger partial charge in [0.25, 0.3) is 0 Å². The van der Waals surface area contributed by atoms with Crippen molar-refractivity contribution in [1.82, 2.24) is 24.8 Å². The van der Waals surface area contributed by atoms with E-state index in [-0.39, 0.29) is 12.1 Å². The van der Waals surface area contributed by atoms with Gasteiger partial charge in [-0.3, -0.25) is 9.97 Å². The fraction of sp³-hybridized carbons (Fsp3) is 0.211. The van der Waals surface area contributed by atoms with E-state index in [1.807, 2.05) is 56.0 Å². The second-order valence-electron chi connectivity index (χ2n) is 6.22. The first-order valence-corrected chi connectivity index (χ1v) is 8.62. The van der Waals surface area contributed by atoms with Crippen LogP contribution in [0.3, 0.4) is 0 Å². The van der Waals surface area contributed by atoms with Crippen LogP contribution in [-0.4, -0.2) is 24.5 Å². The smallest absolute Gasteiger partial charge is 0.170 e. The van der Waals surface area contributed by atoms with Crippen LogP contribution in [0.4, 0.5) is 0 Å². The molecule has 1 saturated heterocycles. The molecule has 0 bridgehead atoms. The Morgan fingerprint density at radius 3 is 2.64 bits per heavy atom. The summed E-state index contributed by atoms with van der Waals surface area (Å²) in [5.74, 6) is 0. The van der Waals surface area contributed by atoms with Gasteiger partial charge in [0.2, 0.25) is 0 Å². The molecule has 3 aromatic rings. The molecule has 4 rings (SSSR count). The minimum atomic E-state index is 0.0259. The van der Waals surface area contributed by atoms with Crippen LogP contribution in [0.1, 0.15) is 28.9 Å². The van der Waals surface area contributed by atoms with Crippen LogP contribution in [0.5, 0.6) is 0 Å². The van der Waals surface area contributed by atoms with Gasteiger partial charge in [-0.25, -0.2) is 0 Å². The van der Waals surface area contributed by atoms with Crippen LogP contribution >= 0.6 is 12.2 Å². The van der Waals surface area contributed by atoms with E-state index in [0.29, 0.717) is 0 Å². The van der Waals surface area contributed by atoms with Gasteiger partial charge in [0.05, 0.1) is 17.8 Å². The van der Waals surface area contributed by atoms with Gasteiger partial charge in [-0.15, -0.1) is 0 Å². The van der Waals surface area contributed by atoms with Crippen molar-refractivity contribution in [3.63, 3.8) is 0 Å². The van der Waals surface area contributed by atoms with Gasteiger partial charge in [-0.05, 0) is 53.7 Å². The molecule has 0 unspecified atom stereocenters. The lowest BCUT2D eigenvalue weighted by atomic mass is 9.99. The average molecular weight is 349 g/mol. The van der Waals surface area contributed by atoms with Gasteiger partial charge >= 0.3 is 0 Å². The van der Waals surface area contributed by atoms with Gasteiger partial charge in [0, 0.05) is 44.6 Å². The average Bonchev–Trinajstić information content (AvgIpc) is 3.20. The van der Waals surface area contributed by atoms with E-state index in [1.54, 1.807) is 0 Å². The number of aryl methyl sites for hydroxylation is 1. The summed E-state index contributed by atoms with van der Waals surface area (Å²) in [6.07, 6.45) is 9.67. The number of rotatable bonds is 4. The Labute approximate surface area is 152 Å². The third kappa shape index (κ3) is 3.13. The van der Waals surface area contributed by atoms with E-state index < -0.39 is 0 Å². The summed E-state index contributed by atoms with van der Waals surface area (Å²) in [6, 6.07) is 12.3. The summed E-state index contributed by atoms with van der Waals surface area (Å²) in [4.78, 5) is 10.9. The van der Waals surface area contributed by atoms with E-state index in [0.717, 1.165) is 17.4 Å². The third-order valence-corrected chi connectivity index (χ3v) is 4.85. The van der Waals surface area contributed by atoms with Crippen molar-refractivity contribution in [1.29, 1.82) is 0 Å². The maximum absolute atomic E-state index is 5.67. The van der Waals surface area contributed by atoms with E-state index in [1.165, 1.54) is 11.1 Å². The van der Waals surface area contributed by atoms with Crippen molar-refractivity contribution in [2.24, 2.45) is 7.05 Å². The van der Waals surface area contributed by atoms with Gasteiger partial charge < -0.3 is 14.8 Å². The molecule has 126 valence electrons. The molecule has 4 heterocycles. The topological polar surface area (TPSA) is 46.0 Å². The molecule has 0 aromatic carbocycles. The Morgan fingerprint density at radius 2 is 1.96 bits per heavy atom. The summed E-state index contributed by atoms with van der Waals surface area (Å²) in [7, 11) is 2.03. The molecule has 1 aliphatic rings. The Kier molecular flexibility index (Phi) is 4.19. The van der Waals surface area contributed by atoms with Crippen LogP contribution in [-0.2, 0) is 13.6 Å². The standard InChI is InChI=1S/C19H19N5S/c1-23-11-7-15(13-23)18-17(16-4-2-3-8-21-16)22-19(25)24(18)12-14-5-9-20-10-6-14/h2-11,13,17-18H,12H2,1H3,(H,22,25)/t17-,18-/m1/s1. The number of aromatic nitrogens is 3. The first-order chi connectivity index (χ1) is 12.2. The van der Waals surface area contributed by atoms with Gasteiger partial charge in [-0.2, -0.15) is 0 Å². The predicted octanol–water partition coefficient (Wildman–Crippen LogP) is 2.99. The van der Waals surface area contributed by atoms with Gasteiger partial charge in [0.1, 0.15) is 0 Å². The summed E-state index contributed by atoms with van der Waals surface area (Å²) >= 11 is 5.67. The maximum atomic E-state index is 5.67. The highest BCUT2D eigenvalue weighted by atomic mass is 32.1. The minimum Gasteiger partial charge on any atom is -0.357 e. The quantitative estimate of drug-likeness (QED) is 0.734. The largest absolute Gasteiger partial charge is 0.357 e. The number of hydrogen-bond acceptors (Lipinski definition) is 3. The minimum absolute atomic E-state index is 0.0259. The Bertz CT molecular complexity index is 862. The molecule has 1 fully saturated rings. The lowest BCUT2D eigenvalue weighted by Gasteiger charge is -2.27. The second-order valence-corrected chi connectivity index (χ2v) is 6.61. The molecule has 6 heteroatoms. The molecule has 3 aromatic heterocycles.